The van der Waals surface area contributed by atoms with E-state index in [4.69, 9.17) is 5.73 Å². The molecular weight excluding hydrogens is 262 g/mol. The van der Waals surface area contributed by atoms with Crippen LogP contribution in [0.1, 0.15) is 15.9 Å². The standard InChI is InChI=1S/C17H19N3O/c1-19(2)14-7-3-6-13(11-14)17(21)20-10-9-12-5-4-8-15(18)16(12)20/h3-8,11H,9-10,18H2,1-2H3. The molecule has 0 bridgehead atoms. The van der Waals surface area contributed by atoms with E-state index in [1.165, 1.54) is 0 Å². The zero-order valence-corrected chi connectivity index (χ0v) is 12.3. The van der Waals surface area contributed by atoms with E-state index in [2.05, 4.69) is 0 Å². The Morgan fingerprint density at radius 1 is 1.19 bits per heavy atom. The van der Waals surface area contributed by atoms with Crippen LogP contribution in [0.4, 0.5) is 17.1 Å². The van der Waals surface area contributed by atoms with E-state index in [0.717, 1.165) is 23.4 Å². The molecule has 3 rings (SSSR count). The summed E-state index contributed by atoms with van der Waals surface area (Å²) in [6, 6.07) is 13.5. The second-order valence-electron chi connectivity index (χ2n) is 5.51. The highest BCUT2D eigenvalue weighted by Crippen LogP contribution is 2.34. The Hall–Kier alpha value is -2.49. The van der Waals surface area contributed by atoms with Gasteiger partial charge in [-0.2, -0.15) is 0 Å². The maximum Gasteiger partial charge on any atom is 0.258 e. The highest BCUT2D eigenvalue weighted by molar-refractivity contribution is 6.09. The quantitative estimate of drug-likeness (QED) is 0.861. The summed E-state index contributed by atoms with van der Waals surface area (Å²) in [5.41, 5.74) is 10.4. The number of fused-ring (bicyclic) bond motifs is 1. The molecule has 2 N–H and O–H groups in total. The summed E-state index contributed by atoms with van der Waals surface area (Å²) in [7, 11) is 3.93. The minimum absolute atomic E-state index is 0.00958. The summed E-state index contributed by atoms with van der Waals surface area (Å²) in [4.78, 5) is 16.6. The predicted molar refractivity (Wildman–Crippen MR) is 87.0 cm³/mol. The van der Waals surface area contributed by atoms with E-state index < -0.39 is 0 Å². The molecule has 21 heavy (non-hydrogen) atoms. The Balaban J connectivity index is 1.97. The fraction of sp³-hybridized carbons (Fsp3) is 0.235. The van der Waals surface area contributed by atoms with Crippen molar-refractivity contribution in [3.8, 4) is 0 Å². The van der Waals surface area contributed by atoms with Gasteiger partial charge in [-0.3, -0.25) is 4.79 Å². The van der Waals surface area contributed by atoms with E-state index in [0.29, 0.717) is 17.8 Å². The number of anilines is 3. The molecule has 4 nitrogen and oxygen atoms in total. The number of carbonyl (C=O) groups excluding carboxylic acids is 1. The summed E-state index contributed by atoms with van der Waals surface area (Å²) >= 11 is 0. The highest BCUT2D eigenvalue weighted by atomic mass is 16.2. The lowest BCUT2D eigenvalue weighted by atomic mass is 10.1. The first-order valence-corrected chi connectivity index (χ1v) is 7.04. The maximum absolute atomic E-state index is 12.8. The number of nitrogens with zero attached hydrogens (tertiary/aromatic N) is 2. The molecule has 2 aromatic carbocycles. The van der Waals surface area contributed by atoms with E-state index in [9.17, 15) is 4.79 Å². The molecule has 1 heterocycles. The Bertz CT molecular complexity index is 694. The minimum Gasteiger partial charge on any atom is -0.397 e. The van der Waals surface area contributed by atoms with E-state index in [1.807, 2.05) is 61.5 Å². The predicted octanol–water partition coefficient (Wildman–Crippen LogP) is 2.54. The Kier molecular flexibility index (Phi) is 3.29. The number of rotatable bonds is 2. The molecule has 1 aliphatic rings. The van der Waals surface area contributed by atoms with Gasteiger partial charge in [0.1, 0.15) is 0 Å². The molecule has 108 valence electrons. The van der Waals surface area contributed by atoms with Crippen molar-refractivity contribution in [2.75, 3.05) is 36.2 Å². The number of amides is 1. The van der Waals surface area contributed by atoms with Gasteiger partial charge in [-0.05, 0) is 36.2 Å². The minimum atomic E-state index is 0.00958. The lowest BCUT2D eigenvalue weighted by molar-refractivity contribution is 0.0989. The third-order valence-corrected chi connectivity index (χ3v) is 3.88. The topological polar surface area (TPSA) is 49.6 Å². The number of carbonyl (C=O) groups is 1. The average Bonchev–Trinajstić information content (AvgIpc) is 2.92. The van der Waals surface area contributed by atoms with E-state index >= 15 is 0 Å². The average molecular weight is 281 g/mol. The largest absolute Gasteiger partial charge is 0.397 e. The van der Waals surface area contributed by atoms with Gasteiger partial charge in [0, 0.05) is 31.9 Å². The van der Waals surface area contributed by atoms with Crippen molar-refractivity contribution in [2.45, 2.75) is 6.42 Å². The van der Waals surface area contributed by atoms with Crippen LogP contribution in [0.2, 0.25) is 0 Å². The van der Waals surface area contributed by atoms with Crippen molar-refractivity contribution in [1.82, 2.24) is 0 Å². The van der Waals surface area contributed by atoms with Crippen LogP contribution in [0.3, 0.4) is 0 Å². The van der Waals surface area contributed by atoms with Gasteiger partial charge in [-0.15, -0.1) is 0 Å². The molecule has 0 saturated carbocycles. The van der Waals surface area contributed by atoms with Crippen molar-refractivity contribution in [3.05, 3.63) is 53.6 Å². The third kappa shape index (κ3) is 2.33. The van der Waals surface area contributed by atoms with Gasteiger partial charge in [0.05, 0.1) is 11.4 Å². The first-order valence-electron chi connectivity index (χ1n) is 7.04. The van der Waals surface area contributed by atoms with Crippen LogP contribution in [0.15, 0.2) is 42.5 Å². The summed E-state index contributed by atoms with van der Waals surface area (Å²) in [6.07, 6.45) is 0.861. The zero-order chi connectivity index (χ0) is 15.0. The molecule has 0 saturated heterocycles. The van der Waals surface area contributed by atoms with Crippen LogP contribution in [0.5, 0.6) is 0 Å². The summed E-state index contributed by atoms with van der Waals surface area (Å²) in [6.45, 7) is 0.689. The van der Waals surface area contributed by atoms with Gasteiger partial charge in [0.25, 0.3) is 5.91 Å². The fourth-order valence-electron chi connectivity index (χ4n) is 2.76. The molecule has 1 aliphatic heterocycles. The first-order chi connectivity index (χ1) is 10.1. The maximum atomic E-state index is 12.8. The molecule has 4 heteroatoms. The van der Waals surface area contributed by atoms with Crippen molar-refractivity contribution in [1.29, 1.82) is 0 Å². The smallest absolute Gasteiger partial charge is 0.258 e. The number of nitrogen functional groups attached to an aromatic ring is 1. The second kappa shape index (κ2) is 5.13. The SMILES string of the molecule is CN(C)c1cccc(C(=O)N2CCc3cccc(N)c32)c1. The second-order valence-corrected chi connectivity index (χ2v) is 5.51. The summed E-state index contributed by atoms with van der Waals surface area (Å²) < 4.78 is 0. The molecule has 0 radical (unpaired) electrons. The Morgan fingerprint density at radius 3 is 2.71 bits per heavy atom. The molecule has 0 spiro atoms. The van der Waals surface area contributed by atoms with Crippen molar-refractivity contribution in [2.24, 2.45) is 0 Å². The van der Waals surface area contributed by atoms with Crippen LogP contribution < -0.4 is 15.5 Å². The van der Waals surface area contributed by atoms with Gasteiger partial charge >= 0.3 is 0 Å². The van der Waals surface area contributed by atoms with Crippen LogP contribution in [-0.2, 0) is 6.42 Å². The molecule has 2 aromatic rings. The number of hydrogen-bond donors (Lipinski definition) is 1. The normalized spacial score (nSPS) is 13.1. The lowest BCUT2D eigenvalue weighted by Gasteiger charge is -2.20. The number of hydrogen-bond acceptors (Lipinski definition) is 3. The molecule has 0 fully saturated rings. The Morgan fingerprint density at radius 2 is 1.95 bits per heavy atom. The van der Waals surface area contributed by atoms with Crippen LogP contribution in [0.25, 0.3) is 0 Å². The molecule has 1 amide bonds. The first kappa shape index (κ1) is 13.5. The zero-order valence-electron chi connectivity index (χ0n) is 12.3. The number of para-hydroxylation sites is 1. The van der Waals surface area contributed by atoms with Crippen molar-refractivity contribution in [3.63, 3.8) is 0 Å². The highest BCUT2D eigenvalue weighted by Gasteiger charge is 2.27. The number of benzene rings is 2. The summed E-state index contributed by atoms with van der Waals surface area (Å²) in [5.74, 6) is 0.00958. The van der Waals surface area contributed by atoms with Gasteiger partial charge in [-0.25, -0.2) is 0 Å². The molecule has 0 unspecified atom stereocenters. The van der Waals surface area contributed by atoms with E-state index in [-0.39, 0.29) is 5.91 Å². The summed E-state index contributed by atoms with van der Waals surface area (Å²) in [5, 5.41) is 0. The van der Waals surface area contributed by atoms with Gasteiger partial charge in [0.2, 0.25) is 0 Å². The van der Waals surface area contributed by atoms with Crippen LogP contribution in [0, 0.1) is 0 Å². The van der Waals surface area contributed by atoms with Gasteiger partial charge < -0.3 is 15.5 Å². The molecule has 0 atom stereocenters. The van der Waals surface area contributed by atoms with Crippen molar-refractivity contribution < 1.29 is 4.79 Å². The number of nitrogens with two attached hydrogens (primary N) is 1. The van der Waals surface area contributed by atoms with Crippen LogP contribution in [-0.4, -0.2) is 26.5 Å². The molecule has 0 aliphatic carbocycles. The lowest BCUT2D eigenvalue weighted by Crippen LogP contribution is -2.29. The van der Waals surface area contributed by atoms with E-state index in [1.54, 1.807) is 4.90 Å². The Labute approximate surface area is 124 Å². The van der Waals surface area contributed by atoms with Gasteiger partial charge in [-0.1, -0.05) is 18.2 Å². The fourth-order valence-corrected chi connectivity index (χ4v) is 2.76. The molecular formula is C17H19N3O. The van der Waals surface area contributed by atoms with Crippen LogP contribution >= 0.6 is 0 Å². The monoisotopic (exact) mass is 281 g/mol. The van der Waals surface area contributed by atoms with Gasteiger partial charge in [0.15, 0.2) is 0 Å². The third-order valence-electron chi connectivity index (χ3n) is 3.88. The molecule has 0 aromatic heterocycles. The van der Waals surface area contributed by atoms with Crippen molar-refractivity contribution >= 4 is 23.0 Å².